The van der Waals surface area contributed by atoms with Crippen LogP contribution in [0.5, 0.6) is 0 Å². The van der Waals surface area contributed by atoms with E-state index in [2.05, 4.69) is 10.4 Å². The van der Waals surface area contributed by atoms with Gasteiger partial charge in [-0.2, -0.15) is 18.3 Å². The van der Waals surface area contributed by atoms with Gasteiger partial charge in [-0.1, -0.05) is 19.9 Å². The molecule has 25 heavy (non-hydrogen) atoms. The van der Waals surface area contributed by atoms with Gasteiger partial charge in [-0.25, -0.2) is 4.68 Å². The largest absolute Gasteiger partial charge is 0.435 e. The average molecular weight is 354 g/mol. The lowest BCUT2D eigenvalue weighted by atomic mass is 10.0. The quantitative estimate of drug-likeness (QED) is 0.838. The lowest BCUT2D eigenvalue weighted by Gasteiger charge is -2.19. The summed E-state index contributed by atoms with van der Waals surface area (Å²) in [6, 6.07) is 7.00. The number of nitrogens with two attached hydrogens (primary N) is 1. The SMILES string of the molecule is CC(C)CC(CN)NC(=O)c1cccc(-n2ccc(C(F)(F)F)n2)c1. The van der Waals surface area contributed by atoms with Gasteiger partial charge in [0, 0.05) is 24.3 Å². The van der Waals surface area contributed by atoms with Crippen LogP contribution in [0, 0.1) is 5.92 Å². The van der Waals surface area contributed by atoms with Gasteiger partial charge in [0.25, 0.3) is 5.91 Å². The summed E-state index contributed by atoms with van der Waals surface area (Å²) in [5.41, 5.74) is 5.40. The Balaban J connectivity index is 2.18. The van der Waals surface area contributed by atoms with E-state index in [1.807, 2.05) is 13.8 Å². The van der Waals surface area contributed by atoms with E-state index in [1.165, 1.54) is 12.3 Å². The van der Waals surface area contributed by atoms with Gasteiger partial charge in [-0.05, 0) is 36.6 Å². The summed E-state index contributed by atoms with van der Waals surface area (Å²) in [7, 11) is 0. The smallest absolute Gasteiger partial charge is 0.348 e. The van der Waals surface area contributed by atoms with Crippen LogP contribution >= 0.6 is 0 Å². The molecule has 1 unspecified atom stereocenters. The molecule has 1 amide bonds. The van der Waals surface area contributed by atoms with Gasteiger partial charge in [-0.15, -0.1) is 0 Å². The zero-order valence-electron chi connectivity index (χ0n) is 14.0. The van der Waals surface area contributed by atoms with Crippen LogP contribution in [-0.2, 0) is 6.18 Å². The zero-order valence-corrected chi connectivity index (χ0v) is 14.0. The van der Waals surface area contributed by atoms with E-state index in [0.717, 1.165) is 17.2 Å². The van der Waals surface area contributed by atoms with Crippen molar-refractivity contribution in [3.05, 3.63) is 47.8 Å². The molecule has 0 fully saturated rings. The highest BCUT2D eigenvalue weighted by Crippen LogP contribution is 2.27. The average Bonchev–Trinajstić information content (AvgIpc) is 3.04. The summed E-state index contributed by atoms with van der Waals surface area (Å²) >= 11 is 0. The van der Waals surface area contributed by atoms with Crippen molar-refractivity contribution in [3.8, 4) is 5.69 Å². The van der Waals surface area contributed by atoms with Crippen molar-refractivity contribution in [3.63, 3.8) is 0 Å². The van der Waals surface area contributed by atoms with Gasteiger partial charge >= 0.3 is 6.18 Å². The van der Waals surface area contributed by atoms with Gasteiger partial charge in [0.1, 0.15) is 0 Å². The molecule has 0 aliphatic rings. The summed E-state index contributed by atoms with van der Waals surface area (Å²) in [6.07, 6.45) is -2.55. The van der Waals surface area contributed by atoms with E-state index in [0.29, 0.717) is 23.7 Å². The fraction of sp³-hybridized carbons (Fsp3) is 0.412. The molecule has 5 nitrogen and oxygen atoms in total. The van der Waals surface area contributed by atoms with Crippen molar-refractivity contribution in [1.29, 1.82) is 0 Å². The molecule has 1 heterocycles. The topological polar surface area (TPSA) is 72.9 Å². The molecule has 1 aromatic carbocycles. The second-order valence-electron chi connectivity index (χ2n) is 6.23. The first-order valence-electron chi connectivity index (χ1n) is 7.95. The summed E-state index contributed by atoms with van der Waals surface area (Å²) < 4.78 is 39.1. The molecule has 0 saturated heterocycles. The maximum Gasteiger partial charge on any atom is 0.435 e. The molecule has 0 spiro atoms. The van der Waals surface area contributed by atoms with Crippen LogP contribution in [0.3, 0.4) is 0 Å². The Bertz CT molecular complexity index is 725. The van der Waals surface area contributed by atoms with Crippen molar-refractivity contribution in [1.82, 2.24) is 15.1 Å². The molecule has 2 aromatic rings. The third kappa shape index (κ3) is 5.06. The lowest BCUT2D eigenvalue weighted by Crippen LogP contribution is -2.41. The maximum atomic E-state index is 12.7. The third-order valence-corrected chi connectivity index (χ3v) is 3.63. The Morgan fingerprint density at radius 1 is 1.32 bits per heavy atom. The Kier molecular flexibility index (Phi) is 5.84. The maximum absolute atomic E-state index is 12.7. The summed E-state index contributed by atoms with van der Waals surface area (Å²) in [4.78, 5) is 12.4. The van der Waals surface area contributed by atoms with Gasteiger partial charge < -0.3 is 11.1 Å². The molecular weight excluding hydrogens is 333 g/mol. The van der Waals surface area contributed by atoms with Crippen molar-refractivity contribution in [2.45, 2.75) is 32.5 Å². The molecule has 8 heteroatoms. The van der Waals surface area contributed by atoms with Gasteiger partial charge in [0.15, 0.2) is 5.69 Å². The van der Waals surface area contributed by atoms with E-state index in [1.54, 1.807) is 18.2 Å². The molecule has 3 N–H and O–H groups in total. The number of nitrogens with zero attached hydrogens (tertiary/aromatic N) is 2. The number of nitrogens with one attached hydrogen (secondary N) is 1. The Morgan fingerprint density at radius 2 is 2.04 bits per heavy atom. The molecule has 2 rings (SSSR count). The molecule has 1 aromatic heterocycles. The monoisotopic (exact) mass is 354 g/mol. The minimum Gasteiger partial charge on any atom is -0.348 e. The first-order chi connectivity index (χ1) is 11.7. The van der Waals surface area contributed by atoms with Crippen LogP contribution in [0.1, 0.15) is 36.3 Å². The van der Waals surface area contributed by atoms with Crippen molar-refractivity contribution in [2.24, 2.45) is 11.7 Å². The van der Waals surface area contributed by atoms with E-state index < -0.39 is 11.9 Å². The highest BCUT2D eigenvalue weighted by Gasteiger charge is 2.33. The standard InChI is InChI=1S/C17H21F3N4O/c1-11(2)8-13(10-21)22-16(25)12-4-3-5-14(9-12)24-7-6-15(23-24)17(18,19)20/h3-7,9,11,13H,8,10,21H2,1-2H3,(H,22,25). The second kappa shape index (κ2) is 7.69. The number of hydrogen-bond acceptors (Lipinski definition) is 3. The first kappa shape index (κ1) is 19.0. The van der Waals surface area contributed by atoms with Crippen LogP contribution in [0.4, 0.5) is 13.2 Å². The number of halogens is 3. The number of benzene rings is 1. The molecule has 136 valence electrons. The molecule has 0 bridgehead atoms. The number of rotatable bonds is 6. The minimum absolute atomic E-state index is 0.155. The van der Waals surface area contributed by atoms with E-state index in [9.17, 15) is 18.0 Å². The predicted octanol–water partition coefficient (Wildman–Crippen LogP) is 2.99. The van der Waals surface area contributed by atoms with Crippen LogP contribution < -0.4 is 11.1 Å². The van der Waals surface area contributed by atoms with Crippen LogP contribution in [0.2, 0.25) is 0 Å². The number of carbonyl (C=O) groups is 1. The summed E-state index contributed by atoms with van der Waals surface area (Å²) in [6.45, 7) is 4.38. The zero-order chi connectivity index (χ0) is 18.6. The Labute approximate surface area is 144 Å². The van der Waals surface area contributed by atoms with Gasteiger partial charge in [0.05, 0.1) is 5.69 Å². The molecule has 0 radical (unpaired) electrons. The minimum atomic E-state index is -4.51. The first-order valence-corrected chi connectivity index (χ1v) is 7.95. The lowest BCUT2D eigenvalue weighted by molar-refractivity contribution is -0.141. The Morgan fingerprint density at radius 3 is 2.60 bits per heavy atom. The third-order valence-electron chi connectivity index (χ3n) is 3.63. The van der Waals surface area contributed by atoms with E-state index in [4.69, 9.17) is 5.73 Å². The summed E-state index contributed by atoms with van der Waals surface area (Å²) in [5.74, 6) is 0.0613. The molecular formula is C17H21F3N4O. The van der Waals surface area contributed by atoms with Crippen molar-refractivity contribution >= 4 is 5.91 Å². The number of hydrogen-bond donors (Lipinski definition) is 2. The van der Waals surface area contributed by atoms with Crippen LogP contribution in [0.25, 0.3) is 5.69 Å². The Hall–Kier alpha value is -2.35. The fourth-order valence-electron chi connectivity index (χ4n) is 2.46. The second-order valence-corrected chi connectivity index (χ2v) is 6.23. The fourth-order valence-corrected chi connectivity index (χ4v) is 2.46. The molecule has 0 saturated carbocycles. The normalized spacial score (nSPS) is 13.1. The highest BCUT2D eigenvalue weighted by molar-refractivity contribution is 5.94. The molecule has 0 aliphatic heterocycles. The predicted molar refractivity (Wildman–Crippen MR) is 88.3 cm³/mol. The summed E-state index contributed by atoms with van der Waals surface area (Å²) in [5, 5.41) is 6.36. The van der Waals surface area contributed by atoms with Crippen LogP contribution in [0.15, 0.2) is 36.5 Å². The number of carbonyl (C=O) groups excluding carboxylic acids is 1. The number of amides is 1. The molecule has 1 atom stereocenters. The highest BCUT2D eigenvalue weighted by atomic mass is 19.4. The van der Waals surface area contributed by atoms with E-state index >= 15 is 0 Å². The number of alkyl halides is 3. The molecule has 0 aliphatic carbocycles. The number of aromatic nitrogens is 2. The van der Waals surface area contributed by atoms with E-state index in [-0.39, 0.29) is 11.9 Å². The van der Waals surface area contributed by atoms with Crippen LogP contribution in [-0.4, -0.2) is 28.3 Å². The van der Waals surface area contributed by atoms with Gasteiger partial charge in [-0.3, -0.25) is 4.79 Å². The van der Waals surface area contributed by atoms with Crippen molar-refractivity contribution < 1.29 is 18.0 Å². The van der Waals surface area contributed by atoms with Gasteiger partial charge in [0.2, 0.25) is 0 Å². The van der Waals surface area contributed by atoms with Crippen molar-refractivity contribution in [2.75, 3.05) is 6.54 Å².